The third-order valence-corrected chi connectivity index (χ3v) is 4.82. The third kappa shape index (κ3) is 3.42. The number of aryl methyl sites for hydroxylation is 1. The molecule has 26 heavy (non-hydrogen) atoms. The molecular weight excluding hydrogens is 326 g/mol. The number of hydrogen-bond acceptors (Lipinski definition) is 4. The van der Waals surface area contributed by atoms with Gasteiger partial charge in [-0.2, -0.15) is 0 Å². The molecule has 3 aromatic rings. The average molecular weight is 347 g/mol. The van der Waals surface area contributed by atoms with Gasteiger partial charge in [0.2, 0.25) is 5.76 Å². The van der Waals surface area contributed by atoms with Gasteiger partial charge in [-0.25, -0.2) is 4.98 Å². The van der Waals surface area contributed by atoms with Crippen molar-refractivity contribution in [2.75, 3.05) is 6.61 Å². The molecule has 1 unspecified atom stereocenters. The summed E-state index contributed by atoms with van der Waals surface area (Å²) >= 11 is 0. The summed E-state index contributed by atoms with van der Waals surface area (Å²) in [5, 5.41) is 13.4. The van der Waals surface area contributed by atoms with E-state index in [2.05, 4.69) is 45.6 Å². The highest BCUT2D eigenvalue weighted by molar-refractivity contribution is 5.45. The van der Waals surface area contributed by atoms with Gasteiger partial charge in [0.1, 0.15) is 11.5 Å². The molecule has 0 saturated carbocycles. The molecule has 1 aromatic carbocycles. The van der Waals surface area contributed by atoms with E-state index in [1.165, 1.54) is 11.1 Å². The molecule has 1 aliphatic rings. The van der Waals surface area contributed by atoms with E-state index in [-0.39, 0.29) is 6.61 Å². The second-order valence-electron chi connectivity index (χ2n) is 6.70. The zero-order valence-electron chi connectivity index (χ0n) is 14.8. The normalized spacial score (nSPS) is 15.5. The first-order chi connectivity index (χ1) is 12.7. The number of rotatable bonds is 4. The molecule has 5 heteroatoms. The molecule has 5 nitrogen and oxygen atoms in total. The fraction of sp³-hybridized carbons (Fsp3) is 0.333. The summed E-state index contributed by atoms with van der Waals surface area (Å²) in [4.78, 5) is 4.31. The smallest absolute Gasteiger partial charge is 0.210 e. The van der Waals surface area contributed by atoms with Crippen molar-refractivity contribution >= 4 is 0 Å². The van der Waals surface area contributed by atoms with Gasteiger partial charge in [0.15, 0.2) is 0 Å². The van der Waals surface area contributed by atoms with Crippen molar-refractivity contribution in [2.45, 2.75) is 32.7 Å². The third-order valence-electron chi connectivity index (χ3n) is 4.82. The summed E-state index contributed by atoms with van der Waals surface area (Å²) < 4.78 is 7.41. The number of aromatic nitrogens is 3. The number of imidazole rings is 1. The quantitative estimate of drug-likeness (QED) is 0.737. The molecular formula is C21H21N3O2. The predicted molar refractivity (Wildman–Crippen MR) is 97.6 cm³/mol. The monoisotopic (exact) mass is 347 g/mol. The first-order valence-corrected chi connectivity index (χ1v) is 8.95. The average Bonchev–Trinajstić information content (AvgIpc) is 3.39. The van der Waals surface area contributed by atoms with Gasteiger partial charge >= 0.3 is 0 Å². The Hall–Kier alpha value is -2.84. The van der Waals surface area contributed by atoms with Crippen LogP contribution in [-0.2, 0) is 25.8 Å². The first kappa shape index (κ1) is 16.6. The molecule has 2 heterocycles. The Kier molecular flexibility index (Phi) is 4.59. The second-order valence-corrected chi connectivity index (χ2v) is 6.70. The SMILES string of the molecule is CCc1nccn1Cc1cc(C#Cc2ccc3c(c2)CC(CO)C3)on1. The lowest BCUT2D eigenvalue weighted by Crippen LogP contribution is -2.04. The topological polar surface area (TPSA) is 64.1 Å². The minimum atomic E-state index is 0.243. The number of fused-ring (bicyclic) bond motifs is 1. The van der Waals surface area contributed by atoms with Crippen molar-refractivity contribution in [1.82, 2.24) is 14.7 Å². The minimum Gasteiger partial charge on any atom is -0.396 e. The van der Waals surface area contributed by atoms with E-state index in [9.17, 15) is 5.11 Å². The van der Waals surface area contributed by atoms with Crippen LogP contribution in [0.4, 0.5) is 0 Å². The van der Waals surface area contributed by atoms with E-state index in [4.69, 9.17) is 4.52 Å². The number of benzene rings is 1. The van der Waals surface area contributed by atoms with Crippen LogP contribution in [0.2, 0.25) is 0 Å². The molecule has 0 spiro atoms. The van der Waals surface area contributed by atoms with Crippen LogP contribution in [0, 0.1) is 17.8 Å². The highest BCUT2D eigenvalue weighted by atomic mass is 16.5. The van der Waals surface area contributed by atoms with Crippen molar-refractivity contribution < 1.29 is 9.63 Å². The standard InChI is InChI=1S/C21H21N3O2/c1-2-21-22-7-8-24(21)13-19-12-20(26-23-19)6-4-15-3-5-17-10-16(14-25)11-18(17)9-15/h3,5,7-9,12,16,25H,2,10-11,13-14H2,1H3. The Morgan fingerprint density at radius 2 is 2.12 bits per heavy atom. The van der Waals surface area contributed by atoms with Crippen LogP contribution in [0.25, 0.3) is 0 Å². The number of hydrogen-bond donors (Lipinski definition) is 1. The number of nitrogens with zero attached hydrogens (tertiary/aromatic N) is 3. The van der Waals surface area contributed by atoms with Gasteiger partial charge in [0, 0.05) is 37.1 Å². The van der Waals surface area contributed by atoms with Crippen molar-refractivity contribution in [3.63, 3.8) is 0 Å². The van der Waals surface area contributed by atoms with Crippen LogP contribution in [-0.4, -0.2) is 26.4 Å². The Morgan fingerprint density at radius 1 is 1.23 bits per heavy atom. The van der Waals surface area contributed by atoms with Gasteiger partial charge < -0.3 is 14.2 Å². The molecule has 0 amide bonds. The van der Waals surface area contributed by atoms with Crippen LogP contribution in [0.1, 0.15) is 40.9 Å². The van der Waals surface area contributed by atoms with Gasteiger partial charge in [-0.1, -0.05) is 24.1 Å². The zero-order valence-corrected chi connectivity index (χ0v) is 14.8. The molecule has 0 saturated heterocycles. The van der Waals surface area contributed by atoms with Gasteiger partial charge in [0.25, 0.3) is 0 Å². The summed E-state index contributed by atoms with van der Waals surface area (Å²) in [5.74, 6) is 8.14. The van der Waals surface area contributed by atoms with E-state index < -0.39 is 0 Å². The Bertz CT molecular complexity index is 975. The van der Waals surface area contributed by atoms with Gasteiger partial charge in [-0.3, -0.25) is 0 Å². The van der Waals surface area contributed by atoms with E-state index >= 15 is 0 Å². The largest absolute Gasteiger partial charge is 0.396 e. The summed E-state index contributed by atoms with van der Waals surface area (Å²) in [7, 11) is 0. The Morgan fingerprint density at radius 3 is 2.96 bits per heavy atom. The fourth-order valence-electron chi connectivity index (χ4n) is 3.47. The summed E-state index contributed by atoms with van der Waals surface area (Å²) in [6, 6.07) is 8.14. The lowest BCUT2D eigenvalue weighted by Gasteiger charge is -2.02. The second kappa shape index (κ2) is 7.19. The molecule has 1 atom stereocenters. The number of aliphatic hydroxyl groups is 1. The van der Waals surface area contributed by atoms with E-state index in [0.29, 0.717) is 18.2 Å². The molecule has 0 aliphatic heterocycles. The summed E-state index contributed by atoms with van der Waals surface area (Å²) in [6.07, 6.45) is 6.52. The molecule has 4 rings (SSSR count). The first-order valence-electron chi connectivity index (χ1n) is 8.95. The van der Waals surface area contributed by atoms with Gasteiger partial charge in [-0.15, -0.1) is 0 Å². The summed E-state index contributed by atoms with van der Waals surface area (Å²) in [6.45, 7) is 2.96. The van der Waals surface area contributed by atoms with Crippen molar-refractivity contribution in [3.8, 4) is 11.8 Å². The maximum Gasteiger partial charge on any atom is 0.210 e. The van der Waals surface area contributed by atoms with Gasteiger partial charge in [-0.05, 0) is 47.9 Å². The lowest BCUT2D eigenvalue weighted by atomic mass is 10.1. The van der Waals surface area contributed by atoms with Crippen LogP contribution in [0.5, 0.6) is 0 Å². The zero-order chi connectivity index (χ0) is 17.9. The van der Waals surface area contributed by atoms with Crippen molar-refractivity contribution in [2.24, 2.45) is 5.92 Å². The van der Waals surface area contributed by atoms with E-state index in [1.54, 1.807) is 6.20 Å². The van der Waals surface area contributed by atoms with E-state index in [1.807, 2.05) is 18.3 Å². The van der Waals surface area contributed by atoms with Crippen LogP contribution in [0.15, 0.2) is 41.2 Å². The molecule has 0 bridgehead atoms. The predicted octanol–water partition coefficient (Wildman–Crippen LogP) is 2.59. The van der Waals surface area contributed by atoms with E-state index in [0.717, 1.165) is 36.3 Å². The number of aliphatic hydroxyl groups excluding tert-OH is 1. The highest BCUT2D eigenvalue weighted by Gasteiger charge is 2.20. The van der Waals surface area contributed by atoms with Crippen LogP contribution < -0.4 is 0 Å². The van der Waals surface area contributed by atoms with Crippen LogP contribution >= 0.6 is 0 Å². The van der Waals surface area contributed by atoms with Crippen LogP contribution in [0.3, 0.4) is 0 Å². The minimum absolute atomic E-state index is 0.243. The Balaban J connectivity index is 1.47. The fourth-order valence-corrected chi connectivity index (χ4v) is 3.47. The molecule has 2 aromatic heterocycles. The van der Waals surface area contributed by atoms with Crippen molar-refractivity contribution in [3.05, 3.63) is 70.6 Å². The molecule has 0 fully saturated rings. The maximum absolute atomic E-state index is 9.33. The molecule has 132 valence electrons. The maximum atomic E-state index is 9.33. The summed E-state index contributed by atoms with van der Waals surface area (Å²) in [5.41, 5.74) is 4.41. The molecule has 1 N–H and O–H groups in total. The molecule has 1 aliphatic carbocycles. The Labute approximate surface area is 152 Å². The van der Waals surface area contributed by atoms with Crippen molar-refractivity contribution in [1.29, 1.82) is 0 Å². The van der Waals surface area contributed by atoms with Gasteiger partial charge in [0.05, 0.1) is 6.54 Å². The highest BCUT2D eigenvalue weighted by Crippen LogP contribution is 2.27. The lowest BCUT2D eigenvalue weighted by molar-refractivity contribution is 0.232. The molecule has 0 radical (unpaired) electrons.